The van der Waals surface area contributed by atoms with Crippen LogP contribution in [0.5, 0.6) is 0 Å². The summed E-state index contributed by atoms with van der Waals surface area (Å²) in [6.45, 7) is 1.91. The molecule has 0 aliphatic carbocycles. The van der Waals surface area contributed by atoms with E-state index >= 15 is 0 Å². The molecule has 1 aromatic carbocycles. The third kappa shape index (κ3) is 2.68. The van der Waals surface area contributed by atoms with Crippen molar-refractivity contribution >= 4 is 44.5 Å². The molecule has 2 aromatic rings. The van der Waals surface area contributed by atoms with Gasteiger partial charge in [-0.05, 0) is 36.1 Å². The second-order valence-corrected chi connectivity index (χ2v) is 5.31. The van der Waals surface area contributed by atoms with Gasteiger partial charge in [0, 0.05) is 9.85 Å². The standard InChI is InChI=1S/C12H11BrN2OS/c1-7-5-17-6-9(7)12(16)15-11-3-2-8(13)4-10(11)14/h2-6H,14H2,1H3,(H,15,16). The first-order valence-corrected chi connectivity index (χ1v) is 6.70. The number of aryl methyl sites for hydroxylation is 1. The van der Waals surface area contributed by atoms with E-state index in [4.69, 9.17) is 5.73 Å². The molecule has 5 heteroatoms. The minimum absolute atomic E-state index is 0.127. The quantitative estimate of drug-likeness (QED) is 0.832. The SMILES string of the molecule is Cc1cscc1C(=O)Nc1ccc(Br)cc1N. The Morgan fingerprint density at radius 3 is 2.76 bits per heavy atom. The molecule has 0 radical (unpaired) electrons. The van der Waals surface area contributed by atoms with E-state index in [-0.39, 0.29) is 5.91 Å². The molecule has 17 heavy (non-hydrogen) atoms. The highest BCUT2D eigenvalue weighted by Crippen LogP contribution is 2.24. The van der Waals surface area contributed by atoms with Crippen molar-refractivity contribution in [2.24, 2.45) is 0 Å². The van der Waals surface area contributed by atoms with Gasteiger partial charge in [-0.25, -0.2) is 0 Å². The molecule has 0 aliphatic rings. The fourth-order valence-electron chi connectivity index (χ4n) is 1.43. The zero-order valence-electron chi connectivity index (χ0n) is 9.16. The van der Waals surface area contributed by atoms with E-state index in [9.17, 15) is 4.79 Å². The van der Waals surface area contributed by atoms with Crippen LogP contribution >= 0.6 is 27.3 Å². The van der Waals surface area contributed by atoms with Gasteiger partial charge < -0.3 is 11.1 Å². The number of thiophene rings is 1. The minimum Gasteiger partial charge on any atom is -0.397 e. The van der Waals surface area contributed by atoms with Gasteiger partial charge in [0.15, 0.2) is 0 Å². The highest BCUT2D eigenvalue weighted by Gasteiger charge is 2.11. The Hall–Kier alpha value is -1.33. The summed E-state index contributed by atoms with van der Waals surface area (Å²) in [5.74, 6) is -0.127. The van der Waals surface area contributed by atoms with Crippen LogP contribution in [-0.2, 0) is 0 Å². The normalized spacial score (nSPS) is 10.2. The molecular formula is C12H11BrN2OS. The molecule has 0 unspecified atom stereocenters. The minimum atomic E-state index is -0.127. The van der Waals surface area contributed by atoms with Crippen molar-refractivity contribution in [2.45, 2.75) is 6.92 Å². The molecule has 1 aromatic heterocycles. The summed E-state index contributed by atoms with van der Waals surface area (Å²) in [6, 6.07) is 5.38. The van der Waals surface area contributed by atoms with Gasteiger partial charge in [-0.2, -0.15) is 11.3 Å². The molecule has 0 saturated heterocycles. The Morgan fingerprint density at radius 1 is 1.41 bits per heavy atom. The maximum atomic E-state index is 12.0. The highest BCUT2D eigenvalue weighted by atomic mass is 79.9. The van der Waals surface area contributed by atoms with Crippen LogP contribution in [0.4, 0.5) is 11.4 Å². The number of halogens is 1. The number of carbonyl (C=O) groups is 1. The van der Waals surface area contributed by atoms with Crippen LogP contribution in [-0.4, -0.2) is 5.91 Å². The van der Waals surface area contributed by atoms with E-state index in [1.165, 1.54) is 11.3 Å². The van der Waals surface area contributed by atoms with Crippen LogP contribution in [0, 0.1) is 6.92 Å². The Labute approximate surface area is 112 Å². The van der Waals surface area contributed by atoms with Crippen LogP contribution < -0.4 is 11.1 Å². The molecule has 3 nitrogen and oxygen atoms in total. The zero-order valence-corrected chi connectivity index (χ0v) is 11.6. The first kappa shape index (κ1) is 12.1. The Morgan fingerprint density at radius 2 is 2.18 bits per heavy atom. The van der Waals surface area contributed by atoms with Crippen LogP contribution in [0.2, 0.25) is 0 Å². The van der Waals surface area contributed by atoms with Gasteiger partial charge in [0.2, 0.25) is 0 Å². The predicted molar refractivity (Wildman–Crippen MR) is 75.6 cm³/mol. The molecule has 0 spiro atoms. The van der Waals surface area contributed by atoms with Crippen molar-refractivity contribution in [3.8, 4) is 0 Å². The average molecular weight is 311 g/mol. The third-order valence-electron chi connectivity index (χ3n) is 2.36. The van der Waals surface area contributed by atoms with Crippen molar-refractivity contribution in [2.75, 3.05) is 11.1 Å². The molecule has 0 fully saturated rings. The van der Waals surface area contributed by atoms with Crippen LogP contribution in [0.15, 0.2) is 33.4 Å². The van der Waals surface area contributed by atoms with Crippen molar-refractivity contribution in [3.63, 3.8) is 0 Å². The molecule has 3 N–H and O–H groups in total. The van der Waals surface area contributed by atoms with E-state index in [2.05, 4.69) is 21.2 Å². The summed E-state index contributed by atoms with van der Waals surface area (Å²) >= 11 is 4.83. The summed E-state index contributed by atoms with van der Waals surface area (Å²) in [5.41, 5.74) is 8.66. The molecular weight excluding hydrogens is 300 g/mol. The van der Waals surface area contributed by atoms with Gasteiger partial charge in [-0.3, -0.25) is 4.79 Å². The van der Waals surface area contributed by atoms with E-state index in [1.54, 1.807) is 12.1 Å². The molecule has 0 bridgehead atoms. The van der Waals surface area contributed by atoms with Crippen molar-refractivity contribution in [3.05, 3.63) is 44.6 Å². The lowest BCUT2D eigenvalue weighted by molar-refractivity contribution is 0.102. The smallest absolute Gasteiger partial charge is 0.256 e. The maximum Gasteiger partial charge on any atom is 0.256 e. The van der Waals surface area contributed by atoms with E-state index in [0.717, 1.165) is 10.0 Å². The molecule has 0 atom stereocenters. The lowest BCUT2D eigenvalue weighted by Gasteiger charge is -2.08. The molecule has 1 heterocycles. The Bertz CT molecular complexity index is 565. The second-order valence-electron chi connectivity index (χ2n) is 3.65. The first-order chi connectivity index (χ1) is 8.08. The molecule has 1 amide bonds. The van der Waals surface area contributed by atoms with Gasteiger partial charge in [-0.1, -0.05) is 15.9 Å². The van der Waals surface area contributed by atoms with Crippen LogP contribution in [0.25, 0.3) is 0 Å². The van der Waals surface area contributed by atoms with E-state index in [1.807, 2.05) is 23.8 Å². The number of carbonyl (C=O) groups excluding carboxylic acids is 1. The summed E-state index contributed by atoms with van der Waals surface area (Å²) < 4.78 is 0.889. The van der Waals surface area contributed by atoms with Gasteiger partial charge in [0.25, 0.3) is 5.91 Å². The number of anilines is 2. The summed E-state index contributed by atoms with van der Waals surface area (Å²) in [5, 5.41) is 6.58. The maximum absolute atomic E-state index is 12.0. The zero-order chi connectivity index (χ0) is 12.4. The summed E-state index contributed by atoms with van der Waals surface area (Å²) in [6.07, 6.45) is 0. The number of benzene rings is 1. The van der Waals surface area contributed by atoms with Crippen molar-refractivity contribution in [1.29, 1.82) is 0 Å². The fraction of sp³-hybridized carbons (Fsp3) is 0.0833. The summed E-state index contributed by atoms with van der Waals surface area (Å²) in [7, 11) is 0. The average Bonchev–Trinajstić information content (AvgIpc) is 2.68. The van der Waals surface area contributed by atoms with Crippen molar-refractivity contribution in [1.82, 2.24) is 0 Å². The Balaban J connectivity index is 2.22. The van der Waals surface area contributed by atoms with E-state index in [0.29, 0.717) is 16.9 Å². The number of rotatable bonds is 2. The topological polar surface area (TPSA) is 55.1 Å². The highest BCUT2D eigenvalue weighted by molar-refractivity contribution is 9.10. The van der Waals surface area contributed by atoms with Crippen LogP contribution in [0.3, 0.4) is 0 Å². The first-order valence-electron chi connectivity index (χ1n) is 4.97. The molecule has 2 rings (SSSR count). The van der Waals surface area contributed by atoms with Crippen LogP contribution in [0.1, 0.15) is 15.9 Å². The Kier molecular flexibility index (Phi) is 3.49. The lowest BCUT2D eigenvalue weighted by Crippen LogP contribution is -2.13. The monoisotopic (exact) mass is 310 g/mol. The lowest BCUT2D eigenvalue weighted by atomic mass is 10.2. The molecule has 0 aliphatic heterocycles. The fourth-order valence-corrected chi connectivity index (χ4v) is 2.64. The predicted octanol–water partition coefficient (Wildman–Crippen LogP) is 3.65. The summed E-state index contributed by atoms with van der Waals surface area (Å²) in [4.78, 5) is 12.0. The van der Waals surface area contributed by atoms with Gasteiger partial charge in [0.05, 0.1) is 16.9 Å². The number of nitrogen functional groups attached to an aromatic ring is 1. The molecule has 88 valence electrons. The van der Waals surface area contributed by atoms with E-state index < -0.39 is 0 Å². The number of nitrogens with one attached hydrogen (secondary N) is 1. The number of nitrogens with two attached hydrogens (primary N) is 1. The van der Waals surface area contributed by atoms with Gasteiger partial charge >= 0.3 is 0 Å². The number of hydrogen-bond acceptors (Lipinski definition) is 3. The third-order valence-corrected chi connectivity index (χ3v) is 3.72. The number of hydrogen-bond donors (Lipinski definition) is 2. The van der Waals surface area contributed by atoms with Gasteiger partial charge in [0.1, 0.15) is 0 Å². The number of amides is 1. The van der Waals surface area contributed by atoms with Gasteiger partial charge in [-0.15, -0.1) is 0 Å². The van der Waals surface area contributed by atoms with Crippen molar-refractivity contribution < 1.29 is 4.79 Å². The second kappa shape index (κ2) is 4.89. The largest absolute Gasteiger partial charge is 0.397 e. The molecule has 0 saturated carbocycles.